The molecule has 1 aromatic heterocycles. The van der Waals surface area contributed by atoms with Crippen LogP contribution in [-0.2, 0) is 11.8 Å². The van der Waals surface area contributed by atoms with E-state index in [1.807, 2.05) is 6.07 Å². The van der Waals surface area contributed by atoms with Gasteiger partial charge in [0.2, 0.25) is 0 Å². The highest BCUT2D eigenvalue weighted by Gasteiger charge is 2.15. The van der Waals surface area contributed by atoms with Crippen molar-refractivity contribution in [3.63, 3.8) is 0 Å². The molecule has 0 aliphatic heterocycles. The molecule has 0 spiro atoms. The van der Waals surface area contributed by atoms with E-state index in [2.05, 4.69) is 10.4 Å². The maximum Gasteiger partial charge on any atom is 0.265 e. The fourth-order valence-electron chi connectivity index (χ4n) is 1.60. The fraction of sp³-hybridized carbons (Fsp3) is 0.214. The summed E-state index contributed by atoms with van der Waals surface area (Å²) >= 11 is 0. The van der Waals surface area contributed by atoms with E-state index < -0.39 is 6.10 Å². The zero-order valence-electron chi connectivity index (χ0n) is 11.2. The number of carbonyl (C=O) groups excluding carboxylic acids is 1. The number of benzene rings is 1. The van der Waals surface area contributed by atoms with Gasteiger partial charge in [0.15, 0.2) is 6.10 Å². The first kappa shape index (κ1) is 13.6. The molecule has 1 amide bonds. The Kier molecular flexibility index (Phi) is 4.01. The van der Waals surface area contributed by atoms with E-state index in [1.54, 1.807) is 55.3 Å². The Labute approximate surface area is 116 Å². The van der Waals surface area contributed by atoms with Crippen molar-refractivity contribution < 1.29 is 9.53 Å². The molecule has 1 atom stereocenters. The molecule has 0 aliphatic rings. The monoisotopic (exact) mass is 270 g/mol. The van der Waals surface area contributed by atoms with E-state index in [0.717, 1.165) is 0 Å². The molecule has 0 aliphatic carbocycles. The van der Waals surface area contributed by atoms with Crippen LogP contribution in [0.3, 0.4) is 0 Å². The van der Waals surface area contributed by atoms with Crippen LogP contribution in [0.5, 0.6) is 5.75 Å². The minimum atomic E-state index is -0.650. The molecule has 2 aromatic rings. The molecule has 0 fully saturated rings. The molecule has 0 saturated carbocycles. The van der Waals surface area contributed by atoms with Crippen molar-refractivity contribution in [3.8, 4) is 11.8 Å². The topological polar surface area (TPSA) is 79.9 Å². The fourth-order valence-corrected chi connectivity index (χ4v) is 1.60. The van der Waals surface area contributed by atoms with Gasteiger partial charge in [-0.25, -0.2) is 0 Å². The van der Waals surface area contributed by atoms with Gasteiger partial charge in [0, 0.05) is 13.2 Å². The standard InChI is InChI=1S/C14H14N4O2/c1-10(14(19)17-12-8-16-18(2)9-12)20-13-5-3-11(7-15)4-6-13/h3-6,8-10H,1-2H3,(H,17,19)/t10-/m0/s1. The van der Waals surface area contributed by atoms with Gasteiger partial charge in [0.25, 0.3) is 5.91 Å². The normalized spacial score (nSPS) is 11.4. The molecular formula is C14H14N4O2. The maximum absolute atomic E-state index is 11.9. The van der Waals surface area contributed by atoms with Gasteiger partial charge in [-0.2, -0.15) is 10.4 Å². The quantitative estimate of drug-likeness (QED) is 0.917. The summed E-state index contributed by atoms with van der Waals surface area (Å²) in [6.07, 6.45) is 2.61. The number of amides is 1. The smallest absolute Gasteiger partial charge is 0.265 e. The lowest BCUT2D eigenvalue weighted by Crippen LogP contribution is -2.30. The number of hydrogen-bond acceptors (Lipinski definition) is 4. The van der Waals surface area contributed by atoms with Gasteiger partial charge in [0.1, 0.15) is 5.75 Å². The van der Waals surface area contributed by atoms with Gasteiger partial charge in [-0.3, -0.25) is 9.48 Å². The number of carbonyl (C=O) groups is 1. The van der Waals surface area contributed by atoms with Crippen LogP contribution in [0.2, 0.25) is 0 Å². The number of hydrogen-bond donors (Lipinski definition) is 1. The predicted molar refractivity (Wildman–Crippen MR) is 73.1 cm³/mol. The maximum atomic E-state index is 11.9. The molecule has 20 heavy (non-hydrogen) atoms. The van der Waals surface area contributed by atoms with Gasteiger partial charge >= 0.3 is 0 Å². The highest BCUT2D eigenvalue weighted by molar-refractivity contribution is 5.93. The molecule has 0 radical (unpaired) electrons. The molecule has 1 N–H and O–H groups in total. The molecular weight excluding hydrogens is 256 g/mol. The second kappa shape index (κ2) is 5.89. The molecule has 1 heterocycles. The average Bonchev–Trinajstić information content (AvgIpc) is 2.85. The minimum Gasteiger partial charge on any atom is -0.481 e. The van der Waals surface area contributed by atoms with Crippen molar-refractivity contribution in [2.24, 2.45) is 7.05 Å². The Hall–Kier alpha value is -2.81. The summed E-state index contributed by atoms with van der Waals surface area (Å²) in [5.74, 6) is 0.278. The average molecular weight is 270 g/mol. The Morgan fingerprint density at radius 1 is 1.45 bits per heavy atom. The summed E-state index contributed by atoms with van der Waals surface area (Å²) in [5.41, 5.74) is 1.16. The Morgan fingerprint density at radius 3 is 2.70 bits per heavy atom. The number of ether oxygens (including phenoxy) is 1. The number of aromatic nitrogens is 2. The highest BCUT2D eigenvalue weighted by atomic mass is 16.5. The number of nitriles is 1. The largest absolute Gasteiger partial charge is 0.481 e. The summed E-state index contributed by atoms with van der Waals surface area (Å²) in [7, 11) is 1.77. The predicted octanol–water partition coefficient (Wildman–Crippen LogP) is 1.70. The number of nitrogens with zero attached hydrogens (tertiary/aromatic N) is 3. The lowest BCUT2D eigenvalue weighted by Gasteiger charge is -2.13. The Morgan fingerprint density at radius 2 is 2.15 bits per heavy atom. The van der Waals surface area contributed by atoms with Crippen LogP contribution in [0.4, 0.5) is 5.69 Å². The lowest BCUT2D eigenvalue weighted by molar-refractivity contribution is -0.122. The SMILES string of the molecule is C[C@H](Oc1ccc(C#N)cc1)C(=O)Nc1cnn(C)c1. The lowest BCUT2D eigenvalue weighted by atomic mass is 10.2. The van der Waals surface area contributed by atoms with Crippen LogP contribution >= 0.6 is 0 Å². The van der Waals surface area contributed by atoms with Crippen molar-refractivity contribution in [1.29, 1.82) is 5.26 Å². The zero-order chi connectivity index (χ0) is 14.5. The van der Waals surface area contributed by atoms with E-state index in [4.69, 9.17) is 10.00 Å². The van der Waals surface area contributed by atoms with Gasteiger partial charge in [-0.05, 0) is 31.2 Å². The third kappa shape index (κ3) is 3.36. The first-order valence-electron chi connectivity index (χ1n) is 6.05. The van der Waals surface area contributed by atoms with Gasteiger partial charge < -0.3 is 10.1 Å². The van der Waals surface area contributed by atoms with Crippen LogP contribution in [0.15, 0.2) is 36.7 Å². The van der Waals surface area contributed by atoms with Crippen LogP contribution in [-0.4, -0.2) is 21.8 Å². The van der Waals surface area contributed by atoms with Gasteiger partial charge in [-0.15, -0.1) is 0 Å². The first-order chi connectivity index (χ1) is 9.58. The summed E-state index contributed by atoms with van der Waals surface area (Å²) in [6, 6.07) is 8.62. The molecule has 102 valence electrons. The molecule has 6 nitrogen and oxygen atoms in total. The third-order valence-electron chi connectivity index (χ3n) is 2.64. The van der Waals surface area contributed by atoms with Crippen LogP contribution in [0.25, 0.3) is 0 Å². The highest BCUT2D eigenvalue weighted by Crippen LogP contribution is 2.14. The number of nitrogens with one attached hydrogen (secondary N) is 1. The van der Waals surface area contributed by atoms with Gasteiger partial charge in [0.05, 0.1) is 23.5 Å². The Balaban J connectivity index is 1.95. The molecule has 1 aromatic carbocycles. The van der Waals surface area contributed by atoms with Crippen molar-refractivity contribution in [2.75, 3.05) is 5.32 Å². The van der Waals surface area contributed by atoms with Crippen molar-refractivity contribution >= 4 is 11.6 Å². The molecule has 0 saturated heterocycles. The third-order valence-corrected chi connectivity index (χ3v) is 2.64. The van der Waals surface area contributed by atoms with Crippen molar-refractivity contribution in [3.05, 3.63) is 42.2 Å². The summed E-state index contributed by atoms with van der Waals surface area (Å²) < 4.78 is 7.10. The van der Waals surface area contributed by atoms with E-state index in [9.17, 15) is 4.79 Å². The molecule has 0 bridgehead atoms. The first-order valence-corrected chi connectivity index (χ1v) is 6.05. The van der Waals surface area contributed by atoms with E-state index in [1.165, 1.54) is 0 Å². The Bertz CT molecular complexity index is 640. The molecule has 0 unspecified atom stereocenters. The van der Waals surface area contributed by atoms with Crippen LogP contribution in [0, 0.1) is 11.3 Å². The van der Waals surface area contributed by atoms with Crippen LogP contribution in [0.1, 0.15) is 12.5 Å². The van der Waals surface area contributed by atoms with Crippen molar-refractivity contribution in [2.45, 2.75) is 13.0 Å². The molecule has 2 rings (SSSR count). The number of anilines is 1. The minimum absolute atomic E-state index is 0.262. The van der Waals surface area contributed by atoms with E-state index in [-0.39, 0.29) is 5.91 Å². The van der Waals surface area contributed by atoms with Crippen LogP contribution < -0.4 is 10.1 Å². The van der Waals surface area contributed by atoms with E-state index >= 15 is 0 Å². The summed E-state index contributed by atoms with van der Waals surface area (Å²) in [5, 5.41) is 15.4. The van der Waals surface area contributed by atoms with Gasteiger partial charge in [-0.1, -0.05) is 0 Å². The summed E-state index contributed by atoms with van der Waals surface area (Å²) in [4.78, 5) is 11.9. The summed E-state index contributed by atoms with van der Waals surface area (Å²) in [6.45, 7) is 1.66. The number of rotatable bonds is 4. The molecule has 6 heteroatoms. The second-order valence-electron chi connectivity index (χ2n) is 4.29. The van der Waals surface area contributed by atoms with Crippen molar-refractivity contribution in [1.82, 2.24) is 9.78 Å². The zero-order valence-corrected chi connectivity index (χ0v) is 11.2. The second-order valence-corrected chi connectivity index (χ2v) is 4.29. The van der Waals surface area contributed by atoms with E-state index in [0.29, 0.717) is 17.0 Å². The number of aryl methyl sites for hydroxylation is 1.